The van der Waals surface area contributed by atoms with Crippen molar-refractivity contribution in [2.75, 3.05) is 13.2 Å². The van der Waals surface area contributed by atoms with Crippen LogP contribution in [0, 0.1) is 22.7 Å². The van der Waals surface area contributed by atoms with Crippen LogP contribution in [0.15, 0.2) is 11.6 Å². The lowest BCUT2D eigenvalue weighted by Crippen LogP contribution is -2.41. The van der Waals surface area contributed by atoms with Crippen LogP contribution in [0.3, 0.4) is 0 Å². The van der Waals surface area contributed by atoms with Gasteiger partial charge in [0, 0.05) is 0 Å². The van der Waals surface area contributed by atoms with E-state index in [4.69, 9.17) is 9.47 Å². The Labute approximate surface area is 153 Å². The molecular weight excluding hydrogens is 316 g/mol. The maximum absolute atomic E-state index is 12.8. The third kappa shape index (κ3) is 6.48. The summed E-state index contributed by atoms with van der Waals surface area (Å²) in [6.45, 7) is 14.8. The zero-order valence-electron chi connectivity index (χ0n) is 17.1. The summed E-state index contributed by atoms with van der Waals surface area (Å²) >= 11 is 0. The first-order chi connectivity index (χ1) is 11.5. The quantitative estimate of drug-likeness (QED) is 0.503. The van der Waals surface area contributed by atoms with Gasteiger partial charge in [-0.1, -0.05) is 39.3 Å². The average molecular weight is 353 g/mol. The fourth-order valence-electron chi connectivity index (χ4n) is 3.45. The highest BCUT2D eigenvalue weighted by atomic mass is 16.5. The zero-order valence-corrected chi connectivity index (χ0v) is 17.1. The van der Waals surface area contributed by atoms with Crippen molar-refractivity contribution in [2.24, 2.45) is 22.7 Å². The van der Waals surface area contributed by atoms with Crippen molar-refractivity contribution in [3.8, 4) is 0 Å². The van der Waals surface area contributed by atoms with Crippen LogP contribution >= 0.6 is 0 Å². The monoisotopic (exact) mass is 352 g/mol. The number of carbonyl (C=O) groups is 2. The van der Waals surface area contributed by atoms with Crippen LogP contribution in [0.25, 0.3) is 0 Å². The number of allylic oxidation sites excluding steroid dienone is 1. The van der Waals surface area contributed by atoms with Gasteiger partial charge in [-0.25, -0.2) is 0 Å². The van der Waals surface area contributed by atoms with Crippen LogP contribution in [-0.2, 0) is 19.1 Å². The largest absolute Gasteiger partial charge is 0.465 e. The Morgan fingerprint density at radius 2 is 1.56 bits per heavy atom. The predicted octanol–water partition coefficient (Wildman–Crippen LogP) is 4.92. The van der Waals surface area contributed by atoms with Gasteiger partial charge in [-0.2, -0.15) is 0 Å². The highest BCUT2D eigenvalue weighted by molar-refractivity contribution is 5.82. The number of esters is 2. The first-order valence-corrected chi connectivity index (χ1v) is 9.51. The molecule has 1 rings (SSSR count). The van der Waals surface area contributed by atoms with Gasteiger partial charge in [0.05, 0.1) is 24.0 Å². The molecule has 1 aliphatic rings. The minimum atomic E-state index is -0.801. The Kier molecular flexibility index (Phi) is 7.70. The first kappa shape index (κ1) is 21.7. The second kappa shape index (κ2) is 8.86. The highest BCUT2D eigenvalue weighted by Crippen LogP contribution is 2.43. The highest BCUT2D eigenvalue weighted by Gasteiger charge is 2.46. The van der Waals surface area contributed by atoms with Crippen molar-refractivity contribution in [3.05, 3.63) is 11.6 Å². The number of hydrogen-bond donors (Lipinski definition) is 0. The summed E-state index contributed by atoms with van der Waals surface area (Å²) in [6.07, 6.45) is 4.96. The van der Waals surface area contributed by atoms with Crippen LogP contribution in [0.4, 0.5) is 0 Å². The van der Waals surface area contributed by atoms with Gasteiger partial charge in [-0.05, 0) is 58.3 Å². The van der Waals surface area contributed by atoms with Crippen LogP contribution in [0.5, 0.6) is 0 Å². The third-order valence-corrected chi connectivity index (χ3v) is 4.68. The van der Waals surface area contributed by atoms with Crippen molar-refractivity contribution in [3.63, 3.8) is 0 Å². The molecule has 0 amide bonds. The summed E-state index contributed by atoms with van der Waals surface area (Å²) in [7, 11) is 0. The summed E-state index contributed by atoms with van der Waals surface area (Å²) in [5.41, 5.74) is -0.288. The van der Waals surface area contributed by atoms with E-state index in [1.807, 2.05) is 54.5 Å². The lowest BCUT2D eigenvalue weighted by atomic mass is 9.68. The Hall–Kier alpha value is -1.32. The third-order valence-electron chi connectivity index (χ3n) is 4.68. The fourth-order valence-corrected chi connectivity index (χ4v) is 3.45. The standard InChI is InChI=1S/C21H36O4/c1-15(2)12-24-18(22)20(6)10-8-9-17(5)11-21(7,14-20)19(23)25-13-16(3)4/h11,15-16H,8-10,12-14H2,1-7H3. The van der Waals surface area contributed by atoms with E-state index in [0.717, 1.165) is 19.3 Å². The summed E-state index contributed by atoms with van der Waals surface area (Å²) in [6, 6.07) is 0. The molecule has 0 spiro atoms. The van der Waals surface area contributed by atoms with Gasteiger partial charge in [-0.3, -0.25) is 9.59 Å². The molecule has 1 aliphatic carbocycles. The predicted molar refractivity (Wildman–Crippen MR) is 100 cm³/mol. The van der Waals surface area contributed by atoms with Gasteiger partial charge in [0.15, 0.2) is 0 Å². The summed E-state index contributed by atoms with van der Waals surface area (Å²) in [4.78, 5) is 25.5. The topological polar surface area (TPSA) is 52.6 Å². The SMILES string of the molecule is CC1=CC(C)(C(=O)OCC(C)C)CC(C)(C(=O)OCC(C)C)CCC1. The summed E-state index contributed by atoms with van der Waals surface area (Å²) in [5, 5.41) is 0. The van der Waals surface area contributed by atoms with E-state index >= 15 is 0 Å². The van der Waals surface area contributed by atoms with Gasteiger partial charge in [0.2, 0.25) is 0 Å². The number of ether oxygens (including phenoxy) is 2. The molecule has 2 unspecified atom stereocenters. The van der Waals surface area contributed by atoms with Gasteiger partial charge >= 0.3 is 11.9 Å². The maximum atomic E-state index is 12.8. The number of hydrogen-bond acceptors (Lipinski definition) is 4. The van der Waals surface area contributed by atoms with Crippen molar-refractivity contribution in [1.82, 2.24) is 0 Å². The normalized spacial score (nSPS) is 27.5. The molecule has 0 heterocycles. The van der Waals surface area contributed by atoms with Crippen molar-refractivity contribution in [1.29, 1.82) is 0 Å². The van der Waals surface area contributed by atoms with Crippen LogP contribution in [-0.4, -0.2) is 25.2 Å². The molecule has 0 fully saturated rings. The summed E-state index contributed by atoms with van der Waals surface area (Å²) in [5.74, 6) is 0.140. The zero-order chi connectivity index (χ0) is 19.3. The lowest BCUT2D eigenvalue weighted by molar-refractivity contribution is -0.163. The lowest BCUT2D eigenvalue weighted by Gasteiger charge is -2.37. The van der Waals surface area contributed by atoms with E-state index in [2.05, 4.69) is 0 Å². The molecule has 2 atom stereocenters. The van der Waals surface area contributed by atoms with Crippen molar-refractivity contribution in [2.45, 2.75) is 74.1 Å². The molecule has 0 bridgehead atoms. The molecule has 4 nitrogen and oxygen atoms in total. The van der Waals surface area contributed by atoms with E-state index in [1.165, 1.54) is 5.57 Å². The Balaban J connectivity index is 3.03. The van der Waals surface area contributed by atoms with Crippen molar-refractivity contribution >= 4 is 11.9 Å². The second-order valence-corrected chi connectivity index (χ2v) is 8.98. The molecule has 0 saturated carbocycles. The first-order valence-electron chi connectivity index (χ1n) is 9.51. The average Bonchev–Trinajstić information content (AvgIpc) is 2.48. The molecule has 0 aliphatic heterocycles. The molecule has 0 N–H and O–H groups in total. The van der Waals surface area contributed by atoms with E-state index in [0.29, 0.717) is 25.6 Å². The molecule has 144 valence electrons. The minimum Gasteiger partial charge on any atom is -0.465 e. The Morgan fingerprint density at radius 3 is 2.08 bits per heavy atom. The van der Waals surface area contributed by atoms with Gasteiger partial charge < -0.3 is 9.47 Å². The van der Waals surface area contributed by atoms with Crippen LogP contribution in [0.1, 0.15) is 74.1 Å². The number of carbonyl (C=O) groups excluding carboxylic acids is 2. The number of rotatable bonds is 6. The molecule has 0 aromatic rings. The molecule has 0 radical (unpaired) electrons. The molecule has 0 aromatic carbocycles. The maximum Gasteiger partial charge on any atom is 0.315 e. The second-order valence-electron chi connectivity index (χ2n) is 8.98. The Bertz CT molecular complexity index is 506. The van der Waals surface area contributed by atoms with E-state index in [1.54, 1.807) is 0 Å². The van der Waals surface area contributed by atoms with Gasteiger partial charge in [0.25, 0.3) is 0 Å². The van der Waals surface area contributed by atoms with Crippen LogP contribution in [0.2, 0.25) is 0 Å². The smallest absolute Gasteiger partial charge is 0.315 e. The minimum absolute atomic E-state index is 0.197. The molecule has 25 heavy (non-hydrogen) atoms. The van der Waals surface area contributed by atoms with E-state index in [9.17, 15) is 9.59 Å². The molecule has 4 heteroatoms. The molecule has 0 saturated heterocycles. The van der Waals surface area contributed by atoms with Crippen LogP contribution < -0.4 is 0 Å². The van der Waals surface area contributed by atoms with Gasteiger partial charge in [0.1, 0.15) is 0 Å². The summed E-state index contributed by atoms with van der Waals surface area (Å²) < 4.78 is 11.1. The fraction of sp³-hybridized carbons (Fsp3) is 0.810. The Morgan fingerprint density at radius 1 is 1.04 bits per heavy atom. The van der Waals surface area contributed by atoms with Gasteiger partial charge in [-0.15, -0.1) is 0 Å². The van der Waals surface area contributed by atoms with Crippen molar-refractivity contribution < 1.29 is 19.1 Å². The van der Waals surface area contributed by atoms with E-state index < -0.39 is 10.8 Å². The molecule has 0 aromatic heterocycles. The van der Waals surface area contributed by atoms with E-state index in [-0.39, 0.29) is 17.9 Å². The molecular formula is C21H36O4.